The second kappa shape index (κ2) is 23.1. The van der Waals surface area contributed by atoms with Crippen molar-refractivity contribution >= 4 is 92.5 Å². The molecule has 24 nitrogen and oxygen atoms in total. The molecule has 0 amide bonds. The summed E-state index contributed by atoms with van der Waals surface area (Å²) in [6, 6.07) is 31.0. The Hall–Kier alpha value is -8.24. The summed E-state index contributed by atoms with van der Waals surface area (Å²) in [6.07, 6.45) is 4.52. The number of fused-ring (bicyclic) bond motifs is 20. The minimum absolute atomic E-state index is 0. The first kappa shape index (κ1) is 53.6. The van der Waals surface area contributed by atoms with E-state index in [1.165, 1.54) is 25.3 Å². The molecule has 28 heteroatoms. The summed E-state index contributed by atoms with van der Waals surface area (Å²) in [5, 5.41) is 9.10. The summed E-state index contributed by atoms with van der Waals surface area (Å²) in [4.78, 5) is 55.2. The molecule has 4 N–H and O–H groups in total. The minimum atomic E-state index is -4.35. The van der Waals surface area contributed by atoms with Gasteiger partial charge in [-0.15, -0.1) is 12.6 Å². The Morgan fingerprint density at radius 2 is 1.04 bits per heavy atom. The van der Waals surface area contributed by atoms with Gasteiger partial charge in [-0.1, -0.05) is 92.7 Å². The third-order valence-electron chi connectivity index (χ3n) is 10.2. The Morgan fingerprint density at radius 1 is 0.581 bits per heavy atom. The van der Waals surface area contributed by atoms with Crippen LogP contribution in [0, 0.1) is 0 Å². The average Bonchev–Trinajstić information content (AvgIpc) is 4.11. The molecule has 11 rings (SSSR count). The standard InChI is InChI=1S/C31H15N9.C13H18N6O6S2.C2H6.Cu.O3S/c1-2-8-17-16(7-1)24-33-25(17)35-27-20-11-5-6-12-21(20)29(37-27)39-31-23-15-32-14-13-22(23)30(40-31)38-28-19-10-4-3-9-18(19)26(34-24)36-28;1-25-13-18-11(14-6-7-15-26(2,20)21)17-12(19-13)16-9-4-3-5-10(8-9)27(22,23)24;1-2;;1-4(2)3/h1-15H;3-5,8,15H,6-7H2,1-2H3,(H,22,23,24)(H2,14,16,17,18,19);1-2H3;;/q-2;;;+2;. The molecule has 4 aromatic carbocycles. The maximum absolute atomic E-state index is 11.2. The van der Waals surface area contributed by atoms with E-state index in [0.717, 1.165) is 50.1 Å². The van der Waals surface area contributed by atoms with Gasteiger partial charge in [0.25, 0.3) is 10.1 Å². The normalized spacial score (nSPS) is 11.2. The Morgan fingerprint density at radius 3 is 1.51 bits per heavy atom. The second-order valence-corrected chi connectivity index (χ2v) is 18.6. The third-order valence-corrected chi connectivity index (χ3v) is 11.8. The molecule has 74 heavy (non-hydrogen) atoms. The van der Waals surface area contributed by atoms with E-state index in [1.54, 1.807) is 18.5 Å². The predicted molar refractivity (Wildman–Crippen MR) is 270 cm³/mol. The number of hydrogen-bond acceptors (Lipinski definition) is 20. The van der Waals surface area contributed by atoms with E-state index in [1.807, 2.05) is 92.7 Å². The van der Waals surface area contributed by atoms with E-state index in [4.69, 9.17) is 61.8 Å². The molecule has 2 aliphatic heterocycles. The van der Waals surface area contributed by atoms with Crippen molar-refractivity contribution in [2.24, 2.45) is 0 Å². The largest absolute Gasteiger partial charge is 2.00 e. The van der Waals surface area contributed by atoms with Gasteiger partial charge in [-0.2, -0.15) is 23.4 Å². The zero-order valence-corrected chi connectivity index (χ0v) is 42.4. The molecule has 7 heterocycles. The van der Waals surface area contributed by atoms with E-state index < -0.39 is 30.8 Å². The number of aromatic nitrogens is 12. The van der Waals surface area contributed by atoms with Gasteiger partial charge in [-0.05, 0) is 45.8 Å². The van der Waals surface area contributed by atoms with Crippen molar-refractivity contribution in [3.05, 3.63) is 116 Å². The van der Waals surface area contributed by atoms with Crippen LogP contribution in [0.1, 0.15) is 13.8 Å². The van der Waals surface area contributed by atoms with Crippen LogP contribution >= 0.6 is 0 Å². The van der Waals surface area contributed by atoms with Crippen LogP contribution in [0.15, 0.2) is 120 Å². The van der Waals surface area contributed by atoms with Crippen molar-refractivity contribution < 1.29 is 55.8 Å². The summed E-state index contributed by atoms with van der Waals surface area (Å²) >= 11 is 0. The maximum Gasteiger partial charge on any atom is 2.00 e. The van der Waals surface area contributed by atoms with Gasteiger partial charge in [-0.3, -0.25) is 9.54 Å². The summed E-state index contributed by atoms with van der Waals surface area (Å²) in [6.45, 7) is 4.32. The van der Waals surface area contributed by atoms with Gasteiger partial charge in [0.05, 0.1) is 41.6 Å². The van der Waals surface area contributed by atoms with Gasteiger partial charge in [0.2, 0.25) is 21.9 Å². The van der Waals surface area contributed by atoms with E-state index in [-0.39, 0.29) is 53.0 Å². The molecule has 0 aliphatic carbocycles. The van der Waals surface area contributed by atoms with Gasteiger partial charge in [0, 0.05) is 76.0 Å². The zero-order valence-electron chi connectivity index (χ0n) is 39.0. The molecule has 2 aliphatic rings. The molecule has 0 saturated heterocycles. The number of anilines is 3. The average molecular weight is 1110 g/mol. The van der Waals surface area contributed by atoms with Crippen LogP contribution in [0.3, 0.4) is 0 Å². The second-order valence-electron chi connectivity index (χ2n) is 14.9. The Labute approximate surface area is 433 Å². The first-order valence-electron chi connectivity index (χ1n) is 21.6. The molecule has 1 radical (unpaired) electrons. The van der Waals surface area contributed by atoms with Crippen LogP contribution in [0.2, 0.25) is 0 Å². The van der Waals surface area contributed by atoms with E-state index in [9.17, 15) is 16.8 Å². The number of methoxy groups -OCH3 is 1. The zero-order chi connectivity index (χ0) is 51.9. The quantitative estimate of drug-likeness (QED) is 0.0801. The molecular formula is C46H39CuN15O9S3. The van der Waals surface area contributed by atoms with E-state index >= 15 is 0 Å². The molecule has 0 fully saturated rings. The van der Waals surface area contributed by atoms with Crippen LogP contribution in [-0.4, -0.2) is 110 Å². The number of pyridine rings is 1. The molecule has 0 saturated carbocycles. The first-order valence-corrected chi connectivity index (χ1v) is 26.0. The van der Waals surface area contributed by atoms with Gasteiger partial charge in [-0.25, -0.2) is 23.1 Å². The number of benzene rings is 4. The summed E-state index contributed by atoms with van der Waals surface area (Å²) in [5.74, 6) is 2.25. The fourth-order valence-corrected chi connectivity index (χ4v) is 8.21. The fourth-order valence-electron chi connectivity index (χ4n) is 7.21. The van der Waals surface area contributed by atoms with Gasteiger partial charge < -0.3 is 45.3 Å². The van der Waals surface area contributed by atoms with Crippen LogP contribution in [0.5, 0.6) is 6.01 Å². The summed E-state index contributed by atoms with van der Waals surface area (Å²) < 4.78 is 86.2. The molecule has 9 aromatic rings. The minimum Gasteiger partial charge on any atom is -0.467 e. The third kappa shape index (κ3) is 12.5. The number of nitrogens with one attached hydrogen (secondary N) is 3. The Bertz CT molecular complexity index is 3770. The molecular weight excluding hydrogens is 1070 g/mol. The van der Waals surface area contributed by atoms with Crippen molar-refractivity contribution in [1.29, 1.82) is 0 Å². The number of ether oxygens (including phenoxy) is 1. The van der Waals surface area contributed by atoms with E-state index in [0.29, 0.717) is 51.6 Å². The first-order chi connectivity index (χ1) is 35.1. The van der Waals surface area contributed by atoms with Crippen LogP contribution in [0.4, 0.5) is 17.6 Å². The molecule has 0 atom stereocenters. The Balaban J connectivity index is 0.000000206. The van der Waals surface area contributed by atoms with E-state index in [2.05, 4.69) is 35.3 Å². The fraction of sp³-hybridized carbons (Fsp3) is 0.130. The number of nitrogens with zero attached hydrogens (tertiary/aromatic N) is 12. The molecule has 5 aromatic heterocycles. The monoisotopic (exact) mass is 1100 g/mol. The van der Waals surface area contributed by atoms with Crippen molar-refractivity contribution in [1.82, 2.24) is 64.5 Å². The van der Waals surface area contributed by atoms with Crippen LogP contribution in [0.25, 0.3) is 89.7 Å². The number of sulfonamides is 1. The molecule has 8 bridgehead atoms. The van der Waals surface area contributed by atoms with Crippen molar-refractivity contribution in [3.63, 3.8) is 0 Å². The van der Waals surface area contributed by atoms with Crippen molar-refractivity contribution in [2.45, 2.75) is 18.7 Å². The maximum atomic E-state index is 11.2. The number of hydrogen-bond donors (Lipinski definition) is 4. The van der Waals surface area contributed by atoms with Gasteiger partial charge >= 0.3 is 33.7 Å². The summed E-state index contributed by atoms with van der Waals surface area (Å²) in [5.41, 5.74) is 5.82. The number of rotatable bonds is 9. The molecule has 0 spiro atoms. The predicted octanol–water partition coefficient (Wildman–Crippen LogP) is 5.37. The SMILES string of the molecule is CC.COc1nc(NCCNS(C)(=O)=O)nc(Nc2cccc(S(=O)(=O)O)c2)n1.O=S(=O)=O.[Cu+2].c1ccc2c(c1)-c1nc-2nc2[n-]c(nc3nc(nc4[n-]c(n1)c1ccccc41)-c1ccncc1-3)c1ccccc21. The van der Waals surface area contributed by atoms with Crippen LogP contribution in [-0.2, 0) is 47.8 Å². The van der Waals surface area contributed by atoms with Gasteiger partial charge in [0.1, 0.15) is 0 Å². The van der Waals surface area contributed by atoms with Crippen LogP contribution < -0.4 is 30.1 Å². The molecule has 0 unspecified atom stereocenters. The van der Waals surface area contributed by atoms with Crippen molar-refractivity contribution in [3.8, 4) is 51.6 Å². The topological polar surface area (TPSA) is 342 Å². The van der Waals surface area contributed by atoms with Crippen molar-refractivity contribution in [2.75, 3.05) is 37.1 Å². The smallest absolute Gasteiger partial charge is 0.467 e. The summed E-state index contributed by atoms with van der Waals surface area (Å²) in [7, 11) is -9.41. The Kier molecular flexibility index (Phi) is 16.7. The molecule has 381 valence electrons. The van der Waals surface area contributed by atoms with Gasteiger partial charge in [0.15, 0.2) is 0 Å².